The lowest BCUT2D eigenvalue weighted by molar-refractivity contribution is 0.0302. The normalized spacial score (nSPS) is 14.2. The minimum absolute atomic E-state index is 0.0346. The number of ether oxygens (including phenoxy) is 2. The molecule has 28 heavy (non-hydrogen) atoms. The second-order valence-electron chi connectivity index (χ2n) is 6.24. The van der Waals surface area contributed by atoms with Crippen molar-refractivity contribution in [3.63, 3.8) is 0 Å². The fraction of sp³-hybridized carbons (Fsp3) is 0.263. The zero-order valence-corrected chi connectivity index (χ0v) is 15.6. The lowest BCUT2D eigenvalue weighted by Crippen LogP contribution is -2.40. The van der Waals surface area contributed by atoms with Gasteiger partial charge in [-0.05, 0) is 24.3 Å². The predicted octanol–water partition coefficient (Wildman–Crippen LogP) is 2.02. The van der Waals surface area contributed by atoms with Crippen LogP contribution in [0.2, 0.25) is 5.02 Å². The summed E-state index contributed by atoms with van der Waals surface area (Å²) >= 11 is 6.21. The lowest BCUT2D eigenvalue weighted by Gasteiger charge is -2.27. The monoisotopic (exact) mass is 400 g/mol. The fourth-order valence-corrected chi connectivity index (χ4v) is 3.15. The number of halogens is 1. The average molecular weight is 401 g/mol. The molecule has 144 valence electrons. The molecule has 0 atom stereocenters. The third-order valence-electron chi connectivity index (χ3n) is 4.40. The van der Waals surface area contributed by atoms with Crippen LogP contribution in [0, 0.1) is 0 Å². The van der Waals surface area contributed by atoms with Crippen molar-refractivity contribution in [3.05, 3.63) is 63.4 Å². The Kier molecular flexibility index (Phi) is 5.23. The van der Waals surface area contributed by atoms with Crippen molar-refractivity contribution in [2.24, 2.45) is 0 Å². The number of nitrogens with one attached hydrogen (secondary N) is 1. The highest BCUT2D eigenvalue weighted by molar-refractivity contribution is 6.33. The molecule has 3 aromatic rings. The van der Waals surface area contributed by atoms with Gasteiger partial charge in [-0.3, -0.25) is 14.6 Å². The Hall–Kier alpha value is -2.97. The topological polar surface area (TPSA) is 97.4 Å². The standard InChI is InChI=1S/C19H17ClN4O4/c20-15-2-1-12(9-14(15)19(26)24-5-7-27-8-6-24)28-11-17-22-16-10-21-4-3-13(16)18(25)23-17/h1-4,9-10H,5-8,11H2,(H,22,23,25). The van der Waals surface area contributed by atoms with Gasteiger partial charge in [-0.1, -0.05) is 11.6 Å². The van der Waals surface area contributed by atoms with E-state index in [1.807, 2.05) is 0 Å². The van der Waals surface area contributed by atoms with Crippen LogP contribution < -0.4 is 10.3 Å². The highest BCUT2D eigenvalue weighted by atomic mass is 35.5. The number of carbonyl (C=O) groups excluding carboxylic acids is 1. The van der Waals surface area contributed by atoms with Crippen LogP contribution >= 0.6 is 11.6 Å². The van der Waals surface area contributed by atoms with Gasteiger partial charge in [-0.25, -0.2) is 4.98 Å². The van der Waals surface area contributed by atoms with Gasteiger partial charge in [-0.15, -0.1) is 0 Å². The van der Waals surface area contributed by atoms with Gasteiger partial charge in [0.05, 0.1) is 40.9 Å². The van der Waals surface area contributed by atoms with E-state index in [-0.39, 0.29) is 18.1 Å². The largest absolute Gasteiger partial charge is 0.486 e. The van der Waals surface area contributed by atoms with Crippen LogP contribution in [0.3, 0.4) is 0 Å². The first kappa shape index (κ1) is 18.4. The van der Waals surface area contributed by atoms with E-state index in [4.69, 9.17) is 21.1 Å². The van der Waals surface area contributed by atoms with Gasteiger partial charge in [-0.2, -0.15) is 0 Å². The molecule has 0 radical (unpaired) electrons. The molecule has 8 nitrogen and oxygen atoms in total. The molecule has 2 aromatic heterocycles. The van der Waals surface area contributed by atoms with E-state index in [9.17, 15) is 9.59 Å². The van der Waals surface area contributed by atoms with E-state index in [0.717, 1.165) is 0 Å². The lowest BCUT2D eigenvalue weighted by atomic mass is 10.1. The number of hydrogen-bond acceptors (Lipinski definition) is 6. The van der Waals surface area contributed by atoms with Crippen molar-refractivity contribution < 1.29 is 14.3 Å². The molecule has 0 spiro atoms. The summed E-state index contributed by atoms with van der Waals surface area (Å²) in [5.41, 5.74) is 0.597. The molecule has 3 heterocycles. The maximum atomic E-state index is 12.7. The molecular formula is C19H17ClN4O4. The Morgan fingerprint density at radius 2 is 2.11 bits per heavy atom. The number of pyridine rings is 1. The maximum absolute atomic E-state index is 12.7. The van der Waals surface area contributed by atoms with E-state index in [1.54, 1.807) is 29.2 Å². The van der Waals surface area contributed by atoms with Gasteiger partial charge < -0.3 is 19.4 Å². The second-order valence-corrected chi connectivity index (χ2v) is 6.65. The van der Waals surface area contributed by atoms with E-state index in [2.05, 4.69) is 15.0 Å². The number of amides is 1. The number of morpholine rings is 1. The van der Waals surface area contributed by atoms with Gasteiger partial charge >= 0.3 is 0 Å². The van der Waals surface area contributed by atoms with Crippen molar-refractivity contribution in [2.45, 2.75) is 6.61 Å². The van der Waals surface area contributed by atoms with Crippen molar-refractivity contribution in [1.82, 2.24) is 19.9 Å². The Morgan fingerprint density at radius 3 is 2.93 bits per heavy atom. The number of rotatable bonds is 4. The molecule has 4 rings (SSSR count). The van der Waals surface area contributed by atoms with E-state index in [0.29, 0.717) is 59.4 Å². The zero-order chi connectivity index (χ0) is 19.5. The molecule has 1 N–H and O–H groups in total. The number of carbonyl (C=O) groups is 1. The molecule has 0 bridgehead atoms. The minimum atomic E-state index is -0.259. The SMILES string of the molecule is O=C(c1cc(OCc2nc3cnccc3c(=O)[nH]2)ccc1Cl)N1CCOCC1. The van der Waals surface area contributed by atoms with Crippen molar-refractivity contribution in [2.75, 3.05) is 26.3 Å². The number of fused-ring (bicyclic) bond motifs is 1. The highest BCUT2D eigenvalue weighted by Gasteiger charge is 2.21. The van der Waals surface area contributed by atoms with Crippen LogP contribution in [-0.2, 0) is 11.3 Å². The number of nitrogens with zero attached hydrogens (tertiary/aromatic N) is 3. The molecule has 9 heteroatoms. The Labute approximate surface area is 165 Å². The molecular weight excluding hydrogens is 384 g/mol. The maximum Gasteiger partial charge on any atom is 0.258 e. The van der Waals surface area contributed by atoms with Crippen LogP contribution in [0.15, 0.2) is 41.5 Å². The quantitative estimate of drug-likeness (QED) is 0.719. The summed E-state index contributed by atoms with van der Waals surface area (Å²) in [5.74, 6) is 0.651. The molecule has 1 aromatic carbocycles. The summed E-state index contributed by atoms with van der Waals surface area (Å²) in [6.45, 7) is 2.10. The number of aromatic nitrogens is 3. The zero-order valence-electron chi connectivity index (χ0n) is 14.9. The van der Waals surface area contributed by atoms with Crippen LogP contribution in [0.1, 0.15) is 16.2 Å². The molecule has 1 saturated heterocycles. The van der Waals surface area contributed by atoms with Gasteiger partial charge in [0.2, 0.25) is 0 Å². The van der Waals surface area contributed by atoms with Gasteiger partial charge in [0.25, 0.3) is 11.5 Å². The first-order chi connectivity index (χ1) is 13.6. The summed E-state index contributed by atoms with van der Waals surface area (Å²) < 4.78 is 11.0. The van der Waals surface area contributed by atoms with Crippen LogP contribution in [0.5, 0.6) is 5.75 Å². The molecule has 1 aliphatic rings. The molecule has 1 aliphatic heterocycles. The highest BCUT2D eigenvalue weighted by Crippen LogP contribution is 2.24. The number of benzene rings is 1. The Bertz CT molecular complexity index is 1080. The van der Waals surface area contributed by atoms with Crippen molar-refractivity contribution >= 4 is 28.4 Å². The molecule has 0 aliphatic carbocycles. The summed E-state index contributed by atoms with van der Waals surface area (Å²) in [6.07, 6.45) is 3.06. The molecule has 0 saturated carbocycles. The average Bonchev–Trinajstić information content (AvgIpc) is 2.73. The van der Waals surface area contributed by atoms with Gasteiger partial charge in [0.15, 0.2) is 0 Å². The third-order valence-corrected chi connectivity index (χ3v) is 4.73. The summed E-state index contributed by atoms with van der Waals surface area (Å²) in [5, 5.41) is 0.816. The molecule has 0 unspecified atom stereocenters. The second kappa shape index (κ2) is 7.95. The van der Waals surface area contributed by atoms with E-state index < -0.39 is 0 Å². The van der Waals surface area contributed by atoms with Gasteiger partial charge in [0, 0.05) is 19.3 Å². The van der Waals surface area contributed by atoms with Crippen LogP contribution in [0.4, 0.5) is 0 Å². The predicted molar refractivity (Wildman–Crippen MR) is 103 cm³/mol. The van der Waals surface area contributed by atoms with Crippen molar-refractivity contribution in [3.8, 4) is 5.75 Å². The van der Waals surface area contributed by atoms with Gasteiger partial charge in [0.1, 0.15) is 18.2 Å². The molecule has 1 fully saturated rings. The number of aromatic amines is 1. The first-order valence-corrected chi connectivity index (χ1v) is 9.12. The first-order valence-electron chi connectivity index (χ1n) is 8.74. The fourth-order valence-electron chi connectivity index (χ4n) is 2.95. The number of H-pyrrole nitrogens is 1. The number of hydrogen-bond donors (Lipinski definition) is 1. The van der Waals surface area contributed by atoms with Crippen molar-refractivity contribution in [1.29, 1.82) is 0 Å². The summed E-state index contributed by atoms with van der Waals surface area (Å²) in [6, 6.07) is 6.49. The Morgan fingerprint density at radius 1 is 1.29 bits per heavy atom. The smallest absolute Gasteiger partial charge is 0.258 e. The molecule has 1 amide bonds. The Balaban J connectivity index is 1.52. The minimum Gasteiger partial charge on any atom is -0.486 e. The van der Waals surface area contributed by atoms with E-state index in [1.165, 1.54) is 12.4 Å². The van der Waals surface area contributed by atoms with Crippen LogP contribution in [-0.4, -0.2) is 52.1 Å². The van der Waals surface area contributed by atoms with Crippen LogP contribution in [0.25, 0.3) is 10.9 Å². The summed E-state index contributed by atoms with van der Waals surface area (Å²) in [7, 11) is 0. The third kappa shape index (κ3) is 3.83. The van der Waals surface area contributed by atoms with E-state index >= 15 is 0 Å². The summed E-state index contributed by atoms with van der Waals surface area (Å²) in [4.78, 5) is 37.5.